The molecule has 3 aromatic rings. The van der Waals surface area contributed by atoms with Gasteiger partial charge in [0.2, 0.25) is 10.0 Å². The molecule has 0 saturated carbocycles. The number of aromatic hydroxyl groups is 1. The van der Waals surface area contributed by atoms with Crippen LogP contribution in [0, 0.1) is 0 Å². The van der Waals surface area contributed by atoms with Crippen molar-refractivity contribution in [1.29, 1.82) is 0 Å². The van der Waals surface area contributed by atoms with Gasteiger partial charge in [0.15, 0.2) is 0 Å². The van der Waals surface area contributed by atoms with Gasteiger partial charge in [-0.15, -0.1) is 0 Å². The maximum absolute atomic E-state index is 12.8. The van der Waals surface area contributed by atoms with E-state index in [1.54, 1.807) is 42.7 Å². The maximum atomic E-state index is 12.8. The Hall–Kier alpha value is -2.77. The van der Waals surface area contributed by atoms with Gasteiger partial charge in [0, 0.05) is 18.8 Å². The Labute approximate surface area is 159 Å². The quantitative estimate of drug-likeness (QED) is 0.680. The molecule has 3 N–H and O–H groups in total. The van der Waals surface area contributed by atoms with Crippen LogP contribution < -0.4 is 5.73 Å². The van der Waals surface area contributed by atoms with Gasteiger partial charge in [-0.05, 0) is 23.8 Å². The second-order valence-corrected chi connectivity index (χ2v) is 8.04. The maximum Gasteiger partial charge on any atom is 0.243 e. The molecule has 1 heterocycles. The fourth-order valence-corrected chi connectivity index (χ4v) is 4.63. The van der Waals surface area contributed by atoms with Crippen molar-refractivity contribution >= 4 is 15.8 Å². The van der Waals surface area contributed by atoms with Crippen LogP contribution in [0.4, 0.5) is 5.82 Å². The first-order chi connectivity index (χ1) is 12.9. The molecular formula is C20H23N3O3S. The standard InChI is InChI=1S/C20H23N3O3S/c1-3-22(4-2)27(25,26)17-12-8-11-16(13-17)23-14-18(24)19(20(23)21)15-9-6-5-7-10-15/h5-14,24H,3-4,21H2,1-2H3. The number of nitrogens with two attached hydrogens (primary N) is 1. The van der Waals surface area contributed by atoms with E-state index in [1.165, 1.54) is 10.5 Å². The Morgan fingerprint density at radius 3 is 2.33 bits per heavy atom. The molecule has 6 nitrogen and oxygen atoms in total. The van der Waals surface area contributed by atoms with E-state index >= 15 is 0 Å². The summed E-state index contributed by atoms with van der Waals surface area (Å²) in [7, 11) is -3.58. The molecule has 0 radical (unpaired) electrons. The molecule has 0 aliphatic heterocycles. The van der Waals surface area contributed by atoms with Crippen molar-refractivity contribution in [2.75, 3.05) is 18.8 Å². The molecule has 27 heavy (non-hydrogen) atoms. The molecule has 0 atom stereocenters. The van der Waals surface area contributed by atoms with Crippen molar-refractivity contribution in [2.45, 2.75) is 18.7 Å². The zero-order chi connectivity index (χ0) is 19.6. The predicted molar refractivity (Wildman–Crippen MR) is 107 cm³/mol. The van der Waals surface area contributed by atoms with E-state index in [0.29, 0.717) is 30.2 Å². The number of nitrogens with zero attached hydrogens (tertiary/aromatic N) is 2. The van der Waals surface area contributed by atoms with E-state index in [-0.39, 0.29) is 10.6 Å². The molecule has 0 bridgehead atoms. The van der Waals surface area contributed by atoms with Gasteiger partial charge in [-0.1, -0.05) is 50.2 Å². The fourth-order valence-electron chi connectivity index (χ4n) is 3.13. The molecular weight excluding hydrogens is 362 g/mol. The van der Waals surface area contributed by atoms with Crippen LogP contribution in [0.5, 0.6) is 5.75 Å². The minimum absolute atomic E-state index is 0.0377. The number of rotatable bonds is 6. The van der Waals surface area contributed by atoms with E-state index in [4.69, 9.17) is 5.73 Å². The number of anilines is 1. The molecule has 7 heteroatoms. The highest BCUT2D eigenvalue weighted by Gasteiger charge is 2.23. The van der Waals surface area contributed by atoms with Crippen molar-refractivity contribution in [3.05, 3.63) is 60.8 Å². The van der Waals surface area contributed by atoms with Crippen LogP contribution in [-0.2, 0) is 10.0 Å². The lowest BCUT2D eigenvalue weighted by atomic mass is 10.1. The van der Waals surface area contributed by atoms with Crippen LogP contribution in [0.15, 0.2) is 65.7 Å². The average Bonchev–Trinajstić information content (AvgIpc) is 2.97. The Balaban J connectivity index is 2.10. The smallest absolute Gasteiger partial charge is 0.243 e. The van der Waals surface area contributed by atoms with E-state index in [9.17, 15) is 13.5 Å². The van der Waals surface area contributed by atoms with Gasteiger partial charge in [-0.2, -0.15) is 4.31 Å². The molecule has 0 amide bonds. The molecule has 142 valence electrons. The summed E-state index contributed by atoms with van der Waals surface area (Å²) in [6.45, 7) is 4.40. The van der Waals surface area contributed by atoms with Gasteiger partial charge >= 0.3 is 0 Å². The van der Waals surface area contributed by atoms with Crippen molar-refractivity contribution in [3.63, 3.8) is 0 Å². The summed E-state index contributed by atoms with van der Waals surface area (Å²) in [4.78, 5) is 0.192. The molecule has 0 aliphatic rings. The lowest BCUT2D eigenvalue weighted by molar-refractivity contribution is 0.445. The largest absolute Gasteiger partial charge is 0.506 e. The number of sulfonamides is 1. The normalized spacial score (nSPS) is 11.8. The van der Waals surface area contributed by atoms with Gasteiger partial charge in [-0.25, -0.2) is 8.42 Å². The van der Waals surface area contributed by atoms with Crippen molar-refractivity contribution < 1.29 is 13.5 Å². The fraction of sp³-hybridized carbons (Fsp3) is 0.200. The molecule has 2 aromatic carbocycles. The summed E-state index contributed by atoms with van der Waals surface area (Å²) < 4.78 is 28.6. The van der Waals surface area contributed by atoms with Crippen LogP contribution >= 0.6 is 0 Å². The molecule has 0 fully saturated rings. The van der Waals surface area contributed by atoms with Gasteiger partial charge < -0.3 is 10.8 Å². The first kappa shape index (κ1) is 19.0. The number of benzene rings is 2. The second-order valence-electron chi connectivity index (χ2n) is 6.10. The Bertz CT molecular complexity index is 1040. The lowest BCUT2D eigenvalue weighted by Gasteiger charge is -2.19. The molecule has 0 saturated heterocycles. The van der Waals surface area contributed by atoms with E-state index in [2.05, 4.69) is 0 Å². The number of hydrogen-bond donors (Lipinski definition) is 2. The van der Waals surface area contributed by atoms with Crippen molar-refractivity contribution in [3.8, 4) is 22.6 Å². The summed E-state index contributed by atoms with van der Waals surface area (Å²) >= 11 is 0. The van der Waals surface area contributed by atoms with Crippen molar-refractivity contribution in [2.24, 2.45) is 0 Å². The lowest BCUT2D eigenvalue weighted by Crippen LogP contribution is -2.30. The van der Waals surface area contributed by atoms with E-state index < -0.39 is 10.0 Å². The monoisotopic (exact) mass is 385 g/mol. The first-order valence-corrected chi connectivity index (χ1v) is 10.2. The molecule has 0 aliphatic carbocycles. The van der Waals surface area contributed by atoms with E-state index in [1.807, 2.05) is 30.3 Å². The van der Waals surface area contributed by atoms with Crippen LogP contribution in [0.25, 0.3) is 16.8 Å². The van der Waals surface area contributed by atoms with Gasteiger partial charge in [0.25, 0.3) is 0 Å². The summed E-state index contributed by atoms with van der Waals surface area (Å²) in [6.07, 6.45) is 1.50. The molecule has 0 spiro atoms. The van der Waals surface area contributed by atoms with Crippen LogP contribution in [0.3, 0.4) is 0 Å². The molecule has 1 aromatic heterocycles. The van der Waals surface area contributed by atoms with Crippen LogP contribution in [-0.4, -0.2) is 35.5 Å². The Morgan fingerprint density at radius 1 is 1.04 bits per heavy atom. The minimum atomic E-state index is -3.58. The SMILES string of the molecule is CCN(CC)S(=O)(=O)c1cccc(-n2cc(O)c(-c3ccccc3)c2N)c1. The summed E-state index contributed by atoms with van der Waals surface area (Å²) in [6, 6.07) is 15.9. The topological polar surface area (TPSA) is 88.6 Å². The number of hydrogen-bond acceptors (Lipinski definition) is 4. The number of nitrogen functional groups attached to an aromatic ring is 1. The third-order valence-electron chi connectivity index (χ3n) is 4.52. The highest BCUT2D eigenvalue weighted by molar-refractivity contribution is 7.89. The first-order valence-electron chi connectivity index (χ1n) is 8.76. The number of aromatic nitrogens is 1. The summed E-state index contributed by atoms with van der Waals surface area (Å²) in [5.41, 5.74) is 8.16. The highest BCUT2D eigenvalue weighted by Crippen LogP contribution is 2.38. The molecule has 3 rings (SSSR count). The third kappa shape index (κ3) is 3.43. The van der Waals surface area contributed by atoms with Crippen LogP contribution in [0.2, 0.25) is 0 Å². The third-order valence-corrected chi connectivity index (χ3v) is 6.57. The summed E-state index contributed by atoms with van der Waals surface area (Å²) in [5, 5.41) is 10.4. The minimum Gasteiger partial charge on any atom is -0.506 e. The van der Waals surface area contributed by atoms with Gasteiger partial charge in [-0.3, -0.25) is 4.57 Å². The Morgan fingerprint density at radius 2 is 1.70 bits per heavy atom. The zero-order valence-electron chi connectivity index (χ0n) is 15.3. The Kier molecular flexibility index (Phi) is 5.25. The van der Waals surface area contributed by atoms with Crippen LogP contribution in [0.1, 0.15) is 13.8 Å². The average molecular weight is 385 g/mol. The highest BCUT2D eigenvalue weighted by atomic mass is 32.2. The predicted octanol–water partition coefficient (Wildman–Crippen LogP) is 3.46. The zero-order valence-corrected chi connectivity index (χ0v) is 16.1. The second kappa shape index (κ2) is 7.46. The van der Waals surface area contributed by atoms with Gasteiger partial charge in [0.1, 0.15) is 11.6 Å². The van der Waals surface area contributed by atoms with Gasteiger partial charge in [0.05, 0.1) is 16.7 Å². The van der Waals surface area contributed by atoms with Crippen molar-refractivity contribution in [1.82, 2.24) is 8.87 Å². The molecule has 0 unspecified atom stereocenters. The summed E-state index contributed by atoms with van der Waals surface area (Å²) in [5.74, 6) is 0.381. The van der Waals surface area contributed by atoms with E-state index in [0.717, 1.165) is 5.56 Å².